The van der Waals surface area contributed by atoms with E-state index in [1.807, 2.05) is 0 Å². The average molecular weight is 294 g/mol. The highest BCUT2D eigenvalue weighted by Crippen LogP contribution is 2.27. The number of carboxylic acid groups (broad SMARTS) is 1. The molecule has 2 rings (SSSR count). The molecule has 0 aliphatic rings. The highest BCUT2D eigenvalue weighted by molar-refractivity contribution is 6.35. The monoisotopic (exact) mass is 293 g/mol. The first-order valence-corrected chi connectivity index (χ1v) is 6.14. The number of carbonyl (C=O) groups is 2. The molecule has 0 atom stereocenters. The molecule has 1 aromatic carbocycles. The van der Waals surface area contributed by atoms with Crippen LogP contribution < -0.4 is 5.32 Å². The van der Waals surface area contributed by atoms with Crippen LogP contribution in [0.5, 0.6) is 0 Å². The molecule has 0 aliphatic carbocycles. The van der Waals surface area contributed by atoms with E-state index in [4.69, 9.17) is 16.7 Å². The lowest BCUT2D eigenvalue weighted by Crippen LogP contribution is -2.35. The van der Waals surface area contributed by atoms with E-state index >= 15 is 0 Å². The number of urea groups is 1. The molecule has 2 amide bonds. The van der Waals surface area contributed by atoms with Crippen LogP contribution >= 0.6 is 11.6 Å². The SMILES string of the molecule is CN(CC(=O)O)C(=O)Nc1ccc(Cl)c2cccnc12. The van der Waals surface area contributed by atoms with Gasteiger partial charge in [0.2, 0.25) is 0 Å². The van der Waals surface area contributed by atoms with Gasteiger partial charge in [-0.1, -0.05) is 11.6 Å². The molecular weight excluding hydrogens is 282 g/mol. The molecule has 0 bridgehead atoms. The molecule has 0 spiro atoms. The predicted molar refractivity (Wildman–Crippen MR) is 76.0 cm³/mol. The topological polar surface area (TPSA) is 82.5 Å². The van der Waals surface area contributed by atoms with E-state index in [-0.39, 0.29) is 6.54 Å². The lowest BCUT2D eigenvalue weighted by atomic mass is 10.2. The Morgan fingerprint density at radius 1 is 1.40 bits per heavy atom. The normalized spacial score (nSPS) is 10.3. The van der Waals surface area contributed by atoms with Crippen LogP contribution in [0.4, 0.5) is 10.5 Å². The number of aromatic nitrogens is 1. The fraction of sp³-hybridized carbons (Fsp3) is 0.154. The number of nitrogens with zero attached hydrogens (tertiary/aromatic N) is 2. The van der Waals surface area contributed by atoms with Crippen molar-refractivity contribution in [3.8, 4) is 0 Å². The number of benzene rings is 1. The maximum atomic E-state index is 11.9. The quantitative estimate of drug-likeness (QED) is 0.910. The van der Waals surface area contributed by atoms with Gasteiger partial charge in [0.05, 0.1) is 16.2 Å². The van der Waals surface area contributed by atoms with E-state index in [0.717, 1.165) is 4.90 Å². The molecule has 1 heterocycles. The van der Waals surface area contributed by atoms with Gasteiger partial charge in [-0.3, -0.25) is 9.78 Å². The average Bonchev–Trinajstić information content (AvgIpc) is 2.41. The minimum Gasteiger partial charge on any atom is -0.480 e. The first-order valence-electron chi connectivity index (χ1n) is 5.76. The van der Waals surface area contributed by atoms with Gasteiger partial charge >= 0.3 is 12.0 Å². The standard InChI is InChI=1S/C13H12ClN3O3/c1-17(7-11(18)19)13(20)16-10-5-4-9(14)8-3-2-6-15-12(8)10/h2-6H,7H2,1H3,(H,16,20)(H,18,19). The van der Waals surface area contributed by atoms with Crippen LogP contribution in [0.15, 0.2) is 30.5 Å². The van der Waals surface area contributed by atoms with Crippen LogP contribution in [0, 0.1) is 0 Å². The van der Waals surface area contributed by atoms with Crippen molar-refractivity contribution in [3.63, 3.8) is 0 Å². The second-order valence-electron chi connectivity index (χ2n) is 4.17. The molecule has 0 aliphatic heterocycles. The van der Waals surface area contributed by atoms with Crippen molar-refractivity contribution >= 4 is 40.2 Å². The second-order valence-corrected chi connectivity index (χ2v) is 4.58. The van der Waals surface area contributed by atoms with Gasteiger partial charge in [-0.2, -0.15) is 0 Å². The molecular formula is C13H12ClN3O3. The van der Waals surface area contributed by atoms with Crippen molar-refractivity contribution in [1.82, 2.24) is 9.88 Å². The summed E-state index contributed by atoms with van der Waals surface area (Å²) in [4.78, 5) is 27.7. The van der Waals surface area contributed by atoms with Crippen LogP contribution in [0.25, 0.3) is 10.9 Å². The number of rotatable bonds is 3. The third kappa shape index (κ3) is 2.97. The molecule has 6 nitrogen and oxygen atoms in total. The number of nitrogens with one attached hydrogen (secondary N) is 1. The zero-order valence-electron chi connectivity index (χ0n) is 10.6. The van der Waals surface area contributed by atoms with Gasteiger partial charge in [0, 0.05) is 18.6 Å². The molecule has 20 heavy (non-hydrogen) atoms. The van der Waals surface area contributed by atoms with E-state index in [1.54, 1.807) is 30.5 Å². The molecule has 2 aromatic rings. The summed E-state index contributed by atoms with van der Waals surface area (Å²) in [5.41, 5.74) is 1.03. The minimum atomic E-state index is -1.08. The molecule has 0 saturated carbocycles. The molecule has 0 radical (unpaired) electrons. The summed E-state index contributed by atoms with van der Waals surface area (Å²) in [6.07, 6.45) is 1.59. The largest absolute Gasteiger partial charge is 0.480 e. The van der Waals surface area contributed by atoms with Crippen molar-refractivity contribution in [2.45, 2.75) is 0 Å². The number of amides is 2. The number of pyridine rings is 1. The minimum absolute atomic E-state index is 0.384. The molecule has 0 saturated heterocycles. The molecule has 0 fully saturated rings. The smallest absolute Gasteiger partial charge is 0.323 e. The van der Waals surface area contributed by atoms with Crippen molar-refractivity contribution in [2.24, 2.45) is 0 Å². The summed E-state index contributed by atoms with van der Waals surface area (Å²) in [5.74, 6) is -1.08. The second kappa shape index (κ2) is 5.75. The number of carbonyl (C=O) groups excluding carboxylic acids is 1. The summed E-state index contributed by atoms with van der Waals surface area (Å²) >= 11 is 6.06. The Kier molecular flexibility index (Phi) is 4.05. The zero-order valence-corrected chi connectivity index (χ0v) is 11.4. The van der Waals surface area contributed by atoms with E-state index < -0.39 is 12.0 Å². The number of halogens is 1. The predicted octanol–water partition coefficient (Wildman–Crippen LogP) is 2.44. The Hall–Kier alpha value is -2.34. The summed E-state index contributed by atoms with van der Waals surface area (Å²) in [6.45, 7) is -0.384. The fourth-order valence-electron chi connectivity index (χ4n) is 1.72. The van der Waals surface area contributed by atoms with Crippen LogP contribution in [0.1, 0.15) is 0 Å². The Balaban J connectivity index is 2.28. The van der Waals surface area contributed by atoms with Crippen LogP contribution in [0.2, 0.25) is 5.02 Å². The molecule has 7 heteroatoms. The highest BCUT2D eigenvalue weighted by Gasteiger charge is 2.14. The first kappa shape index (κ1) is 14.1. The lowest BCUT2D eigenvalue weighted by molar-refractivity contribution is -0.137. The molecule has 1 aromatic heterocycles. The van der Waals surface area contributed by atoms with Gasteiger partial charge in [0.25, 0.3) is 0 Å². The fourth-order valence-corrected chi connectivity index (χ4v) is 1.94. The van der Waals surface area contributed by atoms with Crippen LogP contribution in [-0.4, -0.2) is 40.6 Å². The van der Waals surface area contributed by atoms with Crippen molar-refractivity contribution in [1.29, 1.82) is 0 Å². The Morgan fingerprint density at radius 3 is 2.85 bits per heavy atom. The number of anilines is 1. The summed E-state index contributed by atoms with van der Waals surface area (Å²) < 4.78 is 0. The lowest BCUT2D eigenvalue weighted by Gasteiger charge is -2.16. The zero-order chi connectivity index (χ0) is 14.7. The van der Waals surface area contributed by atoms with Crippen molar-refractivity contribution in [3.05, 3.63) is 35.5 Å². The van der Waals surface area contributed by atoms with Gasteiger partial charge in [-0.15, -0.1) is 0 Å². The van der Waals surface area contributed by atoms with E-state index in [1.165, 1.54) is 7.05 Å². The molecule has 0 unspecified atom stereocenters. The highest BCUT2D eigenvalue weighted by atomic mass is 35.5. The van der Waals surface area contributed by atoms with E-state index in [9.17, 15) is 9.59 Å². The summed E-state index contributed by atoms with van der Waals surface area (Å²) in [7, 11) is 1.40. The maximum absolute atomic E-state index is 11.9. The number of likely N-dealkylation sites (N-methyl/N-ethyl adjacent to an activating group) is 1. The number of hydrogen-bond acceptors (Lipinski definition) is 3. The number of carboxylic acids is 1. The Bertz CT molecular complexity index is 675. The van der Waals surface area contributed by atoms with E-state index in [0.29, 0.717) is 21.6 Å². The van der Waals surface area contributed by atoms with Gasteiger partial charge in [-0.25, -0.2) is 4.79 Å². The molecule has 2 N–H and O–H groups in total. The van der Waals surface area contributed by atoms with Gasteiger partial charge in [-0.05, 0) is 24.3 Å². The number of hydrogen-bond donors (Lipinski definition) is 2. The third-order valence-electron chi connectivity index (χ3n) is 2.68. The summed E-state index contributed by atoms with van der Waals surface area (Å²) in [5, 5.41) is 12.5. The van der Waals surface area contributed by atoms with Crippen molar-refractivity contribution < 1.29 is 14.7 Å². The van der Waals surface area contributed by atoms with Crippen LogP contribution in [0.3, 0.4) is 0 Å². The number of aliphatic carboxylic acids is 1. The summed E-state index contributed by atoms with van der Waals surface area (Å²) in [6, 6.07) is 6.29. The van der Waals surface area contributed by atoms with E-state index in [2.05, 4.69) is 10.3 Å². The first-order chi connectivity index (χ1) is 9.49. The Labute approximate surface area is 120 Å². The van der Waals surface area contributed by atoms with Gasteiger partial charge in [0.1, 0.15) is 6.54 Å². The maximum Gasteiger partial charge on any atom is 0.323 e. The van der Waals surface area contributed by atoms with Crippen molar-refractivity contribution in [2.75, 3.05) is 18.9 Å². The van der Waals surface area contributed by atoms with Gasteiger partial charge in [0.15, 0.2) is 0 Å². The van der Waals surface area contributed by atoms with Crippen LogP contribution in [-0.2, 0) is 4.79 Å². The van der Waals surface area contributed by atoms with Gasteiger partial charge < -0.3 is 15.3 Å². The Morgan fingerprint density at radius 2 is 2.15 bits per heavy atom. The molecule has 104 valence electrons. The third-order valence-corrected chi connectivity index (χ3v) is 3.01. The number of fused-ring (bicyclic) bond motifs is 1.